The minimum Gasteiger partial charge on any atom is -0.480 e. The van der Waals surface area contributed by atoms with Crippen molar-refractivity contribution >= 4 is 50.3 Å². The van der Waals surface area contributed by atoms with Gasteiger partial charge in [-0.1, -0.05) is 56.4 Å². The Bertz CT molecular complexity index is 2500. The number of carbonyl (C=O) groups excluding carboxylic acids is 1. The van der Waals surface area contributed by atoms with E-state index in [9.17, 15) is 19.5 Å². The number of anilines is 2. The van der Waals surface area contributed by atoms with Gasteiger partial charge in [-0.15, -0.1) is 0 Å². The van der Waals surface area contributed by atoms with Crippen LogP contribution in [0.4, 0.5) is 10.9 Å². The van der Waals surface area contributed by atoms with Crippen LogP contribution >= 0.6 is 11.3 Å². The predicted octanol–water partition coefficient (Wildman–Crippen LogP) is 7.86. The topological polar surface area (TPSA) is 190 Å². The molecule has 2 saturated carbocycles. The molecule has 65 heavy (non-hydrogen) atoms. The second kappa shape index (κ2) is 18.9. The van der Waals surface area contributed by atoms with E-state index in [1.807, 2.05) is 66.4 Å². The van der Waals surface area contributed by atoms with Crippen LogP contribution in [-0.4, -0.2) is 106 Å². The van der Waals surface area contributed by atoms with Crippen molar-refractivity contribution < 1.29 is 38.8 Å². The number of aliphatic carboxylic acids is 1. The highest BCUT2D eigenvalue weighted by atomic mass is 32.1. The Morgan fingerprint density at radius 1 is 0.831 bits per heavy atom. The van der Waals surface area contributed by atoms with Gasteiger partial charge in [0.25, 0.3) is 5.91 Å². The third-order valence-electron chi connectivity index (χ3n) is 13.3. The molecule has 3 aliphatic rings. The first kappa shape index (κ1) is 46.3. The van der Waals surface area contributed by atoms with Gasteiger partial charge in [-0.3, -0.25) is 14.8 Å². The number of rotatable bonds is 19. The highest BCUT2D eigenvalue weighted by molar-refractivity contribution is 7.22. The summed E-state index contributed by atoms with van der Waals surface area (Å²) in [5, 5.41) is 31.0. The van der Waals surface area contributed by atoms with E-state index in [4.69, 9.17) is 29.4 Å². The molecule has 2 fully saturated rings. The number of aromatic carboxylic acids is 1. The van der Waals surface area contributed by atoms with Gasteiger partial charge in [0.1, 0.15) is 12.4 Å². The summed E-state index contributed by atoms with van der Waals surface area (Å²) in [6, 6.07) is 17.3. The van der Waals surface area contributed by atoms with Crippen molar-refractivity contribution in [1.29, 1.82) is 0 Å². The minimum absolute atomic E-state index is 0.0286. The highest BCUT2D eigenvalue weighted by Gasteiger charge is 2.57. The van der Waals surface area contributed by atoms with Crippen molar-refractivity contribution in [3.63, 3.8) is 0 Å². The van der Waals surface area contributed by atoms with Crippen molar-refractivity contribution in [2.45, 2.75) is 91.8 Å². The van der Waals surface area contributed by atoms with Gasteiger partial charge in [-0.25, -0.2) is 19.6 Å². The second-order valence-electron chi connectivity index (χ2n) is 19.7. The van der Waals surface area contributed by atoms with E-state index >= 15 is 0 Å². The van der Waals surface area contributed by atoms with Crippen LogP contribution in [0.15, 0.2) is 60.8 Å². The van der Waals surface area contributed by atoms with Gasteiger partial charge < -0.3 is 34.6 Å². The maximum absolute atomic E-state index is 13.7. The molecule has 16 heteroatoms. The number of thiazole rings is 1. The van der Waals surface area contributed by atoms with Crippen LogP contribution in [-0.2, 0) is 38.5 Å². The minimum atomic E-state index is -1.11. The molecule has 15 nitrogen and oxygen atoms in total. The molecule has 346 valence electrons. The molecule has 2 bridgehead atoms. The van der Waals surface area contributed by atoms with Gasteiger partial charge in [-0.05, 0) is 110 Å². The van der Waals surface area contributed by atoms with Gasteiger partial charge in [0.15, 0.2) is 10.8 Å². The summed E-state index contributed by atoms with van der Waals surface area (Å²) < 4.78 is 20.2. The summed E-state index contributed by atoms with van der Waals surface area (Å²) in [5.41, 5.74) is 5.41. The average molecular weight is 908 g/mol. The lowest BCUT2D eigenvalue weighted by Crippen LogP contribution is -2.55. The fourth-order valence-corrected chi connectivity index (χ4v) is 12.8. The fraction of sp³-hybridized carbons (Fsp3) is 0.510. The Morgan fingerprint density at radius 2 is 1.58 bits per heavy atom. The summed E-state index contributed by atoms with van der Waals surface area (Å²) in [6.45, 7) is 16.0. The first-order chi connectivity index (χ1) is 31.0. The molecule has 4 heterocycles. The molecule has 4 N–H and O–H groups in total. The largest absolute Gasteiger partial charge is 0.480 e. The van der Waals surface area contributed by atoms with Crippen molar-refractivity contribution in [3.8, 4) is 11.1 Å². The van der Waals surface area contributed by atoms with Gasteiger partial charge in [0.2, 0.25) is 0 Å². The fourth-order valence-electron chi connectivity index (χ4n) is 11.9. The molecule has 8 rings (SSSR count). The quantitative estimate of drug-likeness (QED) is 0.0587. The monoisotopic (exact) mass is 907 g/mol. The van der Waals surface area contributed by atoms with Crippen LogP contribution in [0, 0.1) is 23.2 Å². The average Bonchev–Trinajstić information content (AvgIpc) is 3.81. The number of para-hydroxylation sites is 1. The number of ether oxygens (including phenoxy) is 3. The Balaban J connectivity index is 0.897. The molecule has 1 aliphatic heterocycles. The number of aromatic nitrogens is 4. The first-order valence-corrected chi connectivity index (χ1v) is 23.4. The van der Waals surface area contributed by atoms with E-state index in [0.717, 1.165) is 71.2 Å². The van der Waals surface area contributed by atoms with E-state index in [0.29, 0.717) is 74.5 Å². The van der Waals surface area contributed by atoms with E-state index in [1.165, 1.54) is 11.3 Å². The van der Waals surface area contributed by atoms with E-state index in [1.54, 1.807) is 6.20 Å². The third kappa shape index (κ3) is 10.7. The zero-order valence-electron chi connectivity index (χ0n) is 38.1. The molecule has 5 aromatic rings. The van der Waals surface area contributed by atoms with E-state index < -0.39 is 11.9 Å². The normalized spacial score (nSPS) is 23.9. The molecule has 2 atom stereocenters. The van der Waals surface area contributed by atoms with E-state index in [2.05, 4.69) is 48.0 Å². The van der Waals surface area contributed by atoms with Crippen molar-refractivity contribution in [3.05, 3.63) is 88.9 Å². The zero-order chi connectivity index (χ0) is 46.0. The summed E-state index contributed by atoms with van der Waals surface area (Å²) in [4.78, 5) is 48.5. The second-order valence-corrected chi connectivity index (χ2v) is 20.7. The number of carbonyl (C=O) groups is 3. The molecule has 3 aromatic heterocycles. The highest BCUT2D eigenvalue weighted by Crippen LogP contribution is 2.64. The van der Waals surface area contributed by atoms with Gasteiger partial charge >= 0.3 is 11.9 Å². The maximum atomic E-state index is 13.7. The third-order valence-corrected chi connectivity index (χ3v) is 14.2. The number of fused-ring (bicyclic) bond motifs is 4. The van der Waals surface area contributed by atoms with Gasteiger partial charge in [-0.2, -0.15) is 5.10 Å². The number of pyridine rings is 1. The van der Waals surface area contributed by atoms with Crippen LogP contribution in [0.1, 0.15) is 97.5 Å². The number of nitrogens with one attached hydrogen (secondary N) is 2. The Morgan fingerprint density at radius 3 is 2.34 bits per heavy atom. The Hall–Kier alpha value is -5.26. The molecule has 1 amide bonds. The molecule has 2 aliphatic carbocycles. The number of carboxylic acid groups (broad SMARTS) is 2. The van der Waals surface area contributed by atoms with Crippen molar-refractivity contribution in [1.82, 2.24) is 25.1 Å². The van der Waals surface area contributed by atoms with Crippen molar-refractivity contribution in [2.75, 3.05) is 62.9 Å². The standard InChI is InChI=1S/C49H61N7O8S/c1-32-36(23-51-56(32)31-48(4)27-46(2)26-47(3,28-48)30-49(5,29-46)64-20-17-50-16-19-62-21-22-63-25-41(57)58)34-13-14-40(53-42(34)44(60)61)55-18-15-33-9-8-10-35(37(33)24-55)43(59)54-45-52-38-11-6-7-12-39(38)65-45/h6-14,23,50H,15-22,24-31H2,1-5H3,(H,57,58)(H,60,61)(H,52,54,59). The molecular formula is C49H61N7O8S. The number of amides is 1. The lowest BCUT2D eigenvalue weighted by atomic mass is 9.47. The molecule has 0 spiro atoms. The molecular weight excluding hydrogens is 847 g/mol. The summed E-state index contributed by atoms with van der Waals surface area (Å²) >= 11 is 1.43. The predicted molar refractivity (Wildman–Crippen MR) is 250 cm³/mol. The van der Waals surface area contributed by atoms with Crippen LogP contribution in [0.3, 0.4) is 0 Å². The van der Waals surface area contributed by atoms with Crippen LogP contribution in [0.25, 0.3) is 21.3 Å². The van der Waals surface area contributed by atoms with Crippen LogP contribution < -0.4 is 15.5 Å². The number of hydrogen-bond donors (Lipinski definition) is 4. The Kier molecular flexibility index (Phi) is 13.5. The maximum Gasteiger partial charge on any atom is 0.355 e. The van der Waals surface area contributed by atoms with Crippen molar-refractivity contribution in [2.24, 2.45) is 16.2 Å². The number of carboxylic acids is 2. The molecule has 2 aromatic carbocycles. The number of benzene rings is 2. The molecule has 0 radical (unpaired) electrons. The number of nitrogens with zero attached hydrogens (tertiary/aromatic N) is 5. The van der Waals surface area contributed by atoms with Gasteiger partial charge in [0.05, 0.1) is 48.4 Å². The smallest absolute Gasteiger partial charge is 0.355 e. The van der Waals surface area contributed by atoms with Gasteiger partial charge in [0, 0.05) is 55.1 Å². The SMILES string of the molecule is Cc1c(-c2ccc(N3CCc4cccc(C(=O)Nc5nc6ccccc6s5)c4C3)nc2C(=O)O)cnn1CC1(C)CC2(C)CC(C)(C1)CC(C)(OCCNCCOCCOCC(=O)O)C2. The van der Waals surface area contributed by atoms with E-state index in [-0.39, 0.29) is 46.7 Å². The summed E-state index contributed by atoms with van der Waals surface area (Å²) in [5.74, 6) is -1.78. The number of hydrogen-bond acceptors (Lipinski definition) is 12. The van der Waals surface area contributed by atoms with Crippen LogP contribution in [0.5, 0.6) is 0 Å². The first-order valence-electron chi connectivity index (χ1n) is 22.5. The summed E-state index contributed by atoms with van der Waals surface area (Å²) in [7, 11) is 0. The Labute approximate surface area is 383 Å². The molecule has 0 saturated heterocycles. The lowest BCUT2D eigenvalue weighted by Gasteiger charge is -2.61. The molecule has 2 unspecified atom stereocenters. The zero-order valence-corrected chi connectivity index (χ0v) is 38.9. The summed E-state index contributed by atoms with van der Waals surface area (Å²) in [6.07, 6.45) is 7.59. The van der Waals surface area contributed by atoms with Crippen LogP contribution in [0.2, 0.25) is 0 Å². The lowest BCUT2D eigenvalue weighted by molar-refractivity contribution is -0.169.